The van der Waals surface area contributed by atoms with Gasteiger partial charge in [0.15, 0.2) is 0 Å². The normalized spacial score (nSPS) is 17.4. The second kappa shape index (κ2) is 18.5. The molecule has 0 saturated heterocycles. The Morgan fingerprint density at radius 3 is 1.32 bits per heavy atom. The van der Waals surface area contributed by atoms with Gasteiger partial charge in [-0.3, -0.25) is 9.59 Å². The average molecular weight is 395 g/mol. The number of rotatable bonds is 10. The smallest absolute Gasteiger partial charge is 0.307 e. The lowest BCUT2D eigenvalue weighted by Gasteiger charge is -2.20. The van der Waals surface area contributed by atoms with Gasteiger partial charge >= 0.3 is 11.9 Å². The molecule has 4 nitrogen and oxygen atoms in total. The molecule has 0 heterocycles. The molecule has 2 unspecified atom stereocenters. The van der Waals surface area contributed by atoms with Gasteiger partial charge in [-0.1, -0.05) is 77.0 Å². The molecule has 28 heavy (non-hydrogen) atoms. The molecule has 4 heteroatoms. The van der Waals surface area contributed by atoms with E-state index in [2.05, 4.69) is 40.9 Å². The van der Waals surface area contributed by atoms with Gasteiger partial charge in [0.05, 0.1) is 11.8 Å². The van der Waals surface area contributed by atoms with Crippen LogP contribution >= 0.6 is 0 Å². The minimum Gasteiger partial charge on any atom is -0.481 e. The molecule has 1 aliphatic rings. The molecule has 0 amide bonds. The molecular weight excluding hydrogens is 352 g/mol. The molecule has 0 aromatic rings. The van der Waals surface area contributed by atoms with Crippen molar-refractivity contribution in [3.8, 4) is 0 Å². The van der Waals surface area contributed by atoms with Gasteiger partial charge in [0.1, 0.15) is 0 Å². The molecule has 0 spiro atoms. The molecule has 0 saturated carbocycles. The number of aliphatic carboxylic acids is 2. The van der Waals surface area contributed by atoms with Crippen LogP contribution in [0.25, 0.3) is 0 Å². The average Bonchev–Trinajstić information content (AvgIpc) is 2.70. The Hall–Kier alpha value is -1.84. The van der Waals surface area contributed by atoms with Gasteiger partial charge in [-0.15, -0.1) is 0 Å². The summed E-state index contributed by atoms with van der Waals surface area (Å²) in [4.78, 5) is 21.1. The molecule has 0 aromatic heterocycles. The van der Waals surface area contributed by atoms with Gasteiger partial charge < -0.3 is 10.2 Å². The molecule has 0 radical (unpaired) electrons. The summed E-state index contributed by atoms with van der Waals surface area (Å²) in [6.07, 6.45) is 14.1. The summed E-state index contributed by atoms with van der Waals surface area (Å²) in [6, 6.07) is 0. The Labute approximate surface area is 172 Å². The summed E-state index contributed by atoms with van der Waals surface area (Å²) >= 11 is 0. The van der Waals surface area contributed by atoms with Crippen molar-refractivity contribution in [3.63, 3.8) is 0 Å². The van der Waals surface area contributed by atoms with Gasteiger partial charge in [0.25, 0.3) is 0 Å². The van der Waals surface area contributed by atoms with Crippen LogP contribution in [-0.2, 0) is 9.59 Å². The summed E-state index contributed by atoms with van der Waals surface area (Å²) in [5, 5.41) is 17.3. The van der Waals surface area contributed by atoms with E-state index in [1.807, 2.05) is 0 Å². The van der Waals surface area contributed by atoms with Crippen LogP contribution in [0.3, 0.4) is 0 Å². The molecule has 1 aliphatic carbocycles. The van der Waals surface area contributed by atoms with E-state index in [1.54, 1.807) is 12.2 Å². The first-order chi connectivity index (χ1) is 13.2. The number of unbranched alkanes of at least 4 members (excludes halogenated alkanes) is 2. The van der Waals surface area contributed by atoms with Crippen LogP contribution in [-0.4, -0.2) is 22.2 Å². The Balaban J connectivity index is 0. The van der Waals surface area contributed by atoms with Crippen molar-refractivity contribution < 1.29 is 19.8 Å². The fourth-order valence-electron chi connectivity index (χ4n) is 2.57. The third-order valence-electron chi connectivity index (χ3n) is 4.83. The van der Waals surface area contributed by atoms with Gasteiger partial charge in [-0.25, -0.2) is 0 Å². The van der Waals surface area contributed by atoms with Crippen molar-refractivity contribution in [2.24, 2.45) is 11.8 Å². The van der Waals surface area contributed by atoms with E-state index < -0.39 is 23.8 Å². The number of carboxylic acid groups (broad SMARTS) is 2. The van der Waals surface area contributed by atoms with E-state index in [0.717, 1.165) is 12.8 Å². The molecule has 162 valence electrons. The van der Waals surface area contributed by atoms with Crippen molar-refractivity contribution in [3.05, 3.63) is 36.5 Å². The number of hydrogen-bond donors (Lipinski definition) is 2. The van der Waals surface area contributed by atoms with Gasteiger partial charge in [0, 0.05) is 0 Å². The Morgan fingerprint density at radius 1 is 0.786 bits per heavy atom. The van der Waals surface area contributed by atoms with Gasteiger partial charge in [0.2, 0.25) is 0 Å². The standard InChI is InChI=1S/C8H10O4.2C8H16/c9-7(10)5-3-1-2-4-6(5)8(11)12;2*1-4-6-7-8(3)5-2/h1-2,5-6H,3-4H2,(H,9,10)(H,11,12);2*3-7H2,1-2H3. The number of carbonyl (C=O) groups is 2. The molecule has 0 bridgehead atoms. The zero-order chi connectivity index (χ0) is 21.9. The van der Waals surface area contributed by atoms with E-state index in [-0.39, 0.29) is 0 Å². The molecule has 2 atom stereocenters. The number of allylic oxidation sites excluding steroid dienone is 4. The topological polar surface area (TPSA) is 74.6 Å². The zero-order valence-corrected chi connectivity index (χ0v) is 18.5. The first-order valence-electron chi connectivity index (χ1n) is 10.7. The van der Waals surface area contributed by atoms with Crippen molar-refractivity contribution >= 4 is 11.9 Å². The highest BCUT2D eigenvalue weighted by Crippen LogP contribution is 2.25. The summed E-state index contributed by atoms with van der Waals surface area (Å²) in [7, 11) is 0. The van der Waals surface area contributed by atoms with Crippen LogP contribution < -0.4 is 0 Å². The minimum absolute atomic E-state index is 0.326. The molecule has 2 N–H and O–H groups in total. The first kappa shape index (κ1) is 28.4. The Bertz CT molecular complexity index is 447. The summed E-state index contributed by atoms with van der Waals surface area (Å²) in [5.74, 6) is -3.56. The first-order valence-corrected chi connectivity index (χ1v) is 10.7. The van der Waals surface area contributed by atoms with E-state index in [9.17, 15) is 9.59 Å². The van der Waals surface area contributed by atoms with Crippen LogP contribution in [0.1, 0.15) is 91.9 Å². The Morgan fingerprint density at radius 2 is 1.11 bits per heavy atom. The third kappa shape index (κ3) is 15.2. The van der Waals surface area contributed by atoms with E-state index >= 15 is 0 Å². The molecule has 0 aliphatic heterocycles. The van der Waals surface area contributed by atoms with Crippen LogP contribution in [0.2, 0.25) is 0 Å². The molecule has 1 rings (SSSR count). The SMILES string of the molecule is C=C(CC)CCCC.C=C(CC)CCCC.O=C(O)C1CC=CCC1C(=O)O. The minimum atomic E-state index is -1.02. The van der Waals surface area contributed by atoms with Crippen molar-refractivity contribution in [2.75, 3.05) is 0 Å². The fourth-order valence-corrected chi connectivity index (χ4v) is 2.57. The largest absolute Gasteiger partial charge is 0.481 e. The van der Waals surface area contributed by atoms with Crippen LogP contribution in [0.5, 0.6) is 0 Å². The summed E-state index contributed by atoms with van der Waals surface area (Å²) in [6.45, 7) is 16.6. The lowest BCUT2D eigenvalue weighted by Crippen LogP contribution is -2.30. The van der Waals surface area contributed by atoms with Crippen LogP contribution in [0, 0.1) is 11.8 Å². The second-order valence-electron chi connectivity index (χ2n) is 7.25. The summed E-state index contributed by atoms with van der Waals surface area (Å²) < 4.78 is 0. The zero-order valence-electron chi connectivity index (χ0n) is 18.5. The van der Waals surface area contributed by atoms with Crippen molar-refractivity contribution in [1.29, 1.82) is 0 Å². The Kier molecular flexibility index (Phi) is 18.8. The monoisotopic (exact) mass is 394 g/mol. The van der Waals surface area contributed by atoms with Gasteiger partial charge in [-0.2, -0.15) is 0 Å². The van der Waals surface area contributed by atoms with Gasteiger partial charge in [-0.05, 0) is 51.4 Å². The number of carboxylic acids is 2. The molecule has 0 fully saturated rings. The maximum Gasteiger partial charge on any atom is 0.307 e. The van der Waals surface area contributed by atoms with Crippen molar-refractivity contribution in [1.82, 2.24) is 0 Å². The van der Waals surface area contributed by atoms with Crippen LogP contribution in [0.4, 0.5) is 0 Å². The highest BCUT2D eigenvalue weighted by molar-refractivity contribution is 5.80. The van der Waals surface area contributed by atoms with E-state index in [0.29, 0.717) is 12.8 Å². The predicted molar refractivity (Wildman–Crippen MR) is 119 cm³/mol. The van der Waals surface area contributed by atoms with Crippen LogP contribution in [0.15, 0.2) is 36.5 Å². The molecule has 0 aromatic carbocycles. The number of hydrogen-bond acceptors (Lipinski definition) is 2. The lowest BCUT2D eigenvalue weighted by molar-refractivity contribution is -0.153. The quantitative estimate of drug-likeness (QED) is 0.390. The predicted octanol–water partition coefficient (Wildman–Crippen LogP) is 7.02. The fraction of sp³-hybridized carbons (Fsp3) is 0.667. The second-order valence-corrected chi connectivity index (χ2v) is 7.25. The lowest BCUT2D eigenvalue weighted by atomic mass is 9.83. The van der Waals surface area contributed by atoms with E-state index in [4.69, 9.17) is 10.2 Å². The maximum atomic E-state index is 10.6. The maximum absolute atomic E-state index is 10.6. The highest BCUT2D eigenvalue weighted by Gasteiger charge is 2.33. The summed E-state index contributed by atoms with van der Waals surface area (Å²) in [5.41, 5.74) is 2.79. The highest BCUT2D eigenvalue weighted by atomic mass is 16.4. The third-order valence-corrected chi connectivity index (χ3v) is 4.83. The van der Waals surface area contributed by atoms with Crippen molar-refractivity contribution in [2.45, 2.75) is 91.9 Å². The molecular formula is C24H42O4. The van der Waals surface area contributed by atoms with E-state index in [1.165, 1.54) is 49.7 Å².